The molecular formula is C15H13FI2N4. The Morgan fingerprint density at radius 2 is 2.09 bits per heavy atom. The zero-order valence-electron chi connectivity index (χ0n) is 11.4. The number of nitrogens with one attached hydrogen (secondary N) is 1. The Hall–Kier alpha value is -0.650. The summed E-state index contributed by atoms with van der Waals surface area (Å²) in [6, 6.07) is 6.66. The minimum absolute atomic E-state index is 0.189. The molecule has 0 amide bonds. The first-order valence-corrected chi connectivity index (χ1v) is 8.80. The van der Waals surface area contributed by atoms with Gasteiger partial charge in [-0.2, -0.15) is 0 Å². The van der Waals surface area contributed by atoms with E-state index in [1.54, 1.807) is 12.1 Å². The van der Waals surface area contributed by atoms with Crippen molar-refractivity contribution in [3.05, 3.63) is 59.4 Å². The van der Waals surface area contributed by atoms with E-state index in [-0.39, 0.29) is 13.4 Å². The molecular weight excluding hydrogens is 509 g/mol. The first kappa shape index (κ1) is 16.2. The van der Waals surface area contributed by atoms with Gasteiger partial charge in [0.15, 0.2) is 0 Å². The summed E-state index contributed by atoms with van der Waals surface area (Å²) in [6.45, 7) is 0.365. The monoisotopic (exact) mass is 522 g/mol. The number of nitrogens with two attached hydrogens (primary N) is 1. The third kappa shape index (κ3) is 3.31. The Bertz CT molecular complexity index is 722. The molecule has 0 fully saturated rings. The molecule has 0 radical (unpaired) electrons. The van der Waals surface area contributed by atoms with Gasteiger partial charge in [-0.15, -0.1) is 0 Å². The van der Waals surface area contributed by atoms with E-state index in [0.29, 0.717) is 17.8 Å². The number of alkyl halides is 2. The summed E-state index contributed by atoms with van der Waals surface area (Å²) < 4.78 is 14.0. The number of hydrogen-bond donors (Lipinski definition) is 2. The van der Waals surface area contributed by atoms with E-state index >= 15 is 0 Å². The van der Waals surface area contributed by atoms with Crippen molar-refractivity contribution >= 4 is 56.6 Å². The lowest BCUT2D eigenvalue weighted by molar-refractivity contribution is 0.562. The molecule has 1 heterocycles. The molecule has 0 spiro atoms. The molecule has 0 bridgehead atoms. The third-order valence-corrected chi connectivity index (χ3v) is 4.71. The first-order valence-electron chi connectivity index (χ1n) is 6.64. The Morgan fingerprint density at radius 3 is 2.82 bits per heavy atom. The molecule has 4 nitrogen and oxygen atoms in total. The lowest BCUT2D eigenvalue weighted by Crippen LogP contribution is -2.36. The van der Waals surface area contributed by atoms with Gasteiger partial charge in [0.05, 0.1) is 18.0 Å². The molecule has 1 aromatic rings. The Balaban J connectivity index is 2.17. The maximum absolute atomic E-state index is 14.2. The average molecular weight is 522 g/mol. The molecule has 3 N–H and O–H groups in total. The minimum Gasteiger partial charge on any atom is -0.280 e. The summed E-state index contributed by atoms with van der Waals surface area (Å²) in [5, 5.41) is 0. The molecule has 2 aliphatic rings. The van der Waals surface area contributed by atoms with Crippen LogP contribution >= 0.6 is 45.2 Å². The number of benzene rings is 1. The number of fused-ring (bicyclic) bond motifs is 1. The van der Waals surface area contributed by atoms with E-state index in [0.717, 1.165) is 11.3 Å². The summed E-state index contributed by atoms with van der Waals surface area (Å²) >= 11 is 4.65. The fourth-order valence-corrected chi connectivity index (χ4v) is 3.32. The maximum atomic E-state index is 14.2. The van der Waals surface area contributed by atoms with Crippen LogP contribution in [0.25, 0.3) is 0 Å². The quantitative estimate of drug-likeness (QED) is 0.272. The molecule has 7 heteroatoms. The van der Waals surface area contributed by atoms with Gasteiger partial charge >= 0.3 is 0 Å². The molecule has 1 aromatic carbocycles. The van der Waals surface area contributed by atoms with E-state index in [2.05, 4.69) is 66.7 Å². The fraction of sp³-hybridized carbons (Fsp3) is 0.200. The van der Waals surface area contributed by atoms with Gasteiger partial charge in [-0.05, 0) is 24.3 Å². The number of halogens is 3. The van der Waals surface area contributed by atoms with Gasteiger partial charge < -0.3 is 0 Å². The van der Waals surface area contributed by atoms with Crippen molar-refractivity contribution in [1.82, 2.24) is 5.43 Å². The first-order chi connectivity index (χ1) is 10.5. The summed E-state index contributed by atoms with van der Waals surface area (Å²) in [7, 11) is 0. The molecule has 0 saturated carbocycles. The predicted molar refractivity (Wildman–Crippen MR) is 104 cm³/mol. The van der Waals surface area contributed by atoms with Crippen molar-refractivity contribution in [1.29, 1.82) is 0 Å². The Morgan fingerprint density at radius 1 is 1.32 bits per heavy atom. The molecule has 1 aliphatic carbocycles. The highest BCUT2D eigenvalue weighted by Crippen LogP contribution is 2.36. The predicted octanol–water partition coefficient (Wildman–Crippen LogP) is 2.92. The number of allylic oxidation sites excluding steroid dienone is 4. The van der Waals surface area contributed by atoms with Gasteiger partial charge in [0, 0.05) is 11.1 Å². The normalized spacial score (nSPS) is 23.1. The van der Waals surface area contributed by atoms with Crippen molar-refractivity contribution < 1.29 is 4.39 Å². The second-order valence-electron chi connectivity index (χ2n) is 4.93. The zero-order chi connectivity index (χ0) is 15.7. The SMILES string of the molecule is NNC1CN=C(c2ccccc2F)C2=CC(I)(I)C=CC2=N1. The van der Waals surface area contributed by atoms with Gasteiger partial charge in [0.1, 0.15) is 13.4 Å². The molecule has 1 aliphatic heterocycles. The van der Waals surface area contributed by atoms with Crippen LogP contribution in [0.4, 0.5) is 4.39 Å². The highest BCUT2D eigenvalue weighted by Gasteiger charge is 2.29. The largest absolute Gasteiger partial charge is 0.280 e. The van der Waals surface area contributed by atoms with E-state index in [1.807, 2.05) is 18.2 Å². The van der Waals surface area contributed by atoms with E-state index in [4.69, 9.17) is 5.84 Å². The second kappa shape index (κ2) is 6.46. The molecule has 0 aromatic heterocycles. The maximum Gasteiger partial charge on any atom is 0.132 e. The van der Waals surface area contributed by atoms with Crippen molar-refractivity contribution in [2.75, 3.05) is 6.54 Å². The summed E-state index contributed by atoms with van der Waals surface area (Å²) in [4.78, 5) is 9.14. The van der Waals surface area contributed by atoms with Crippen molar-refractivity contribution in [3.8, 4) is 0 Å². The standard InChI is InChI=1S/C15H13FI2N4/c16-11-4-2-1-3-9(11)14-10-7-15(17,18)6-5-12(10)21-13(22-19)8-20-14/h1-7,13,22H,8,19H2. The number of aliphatic imine (C=N–C) groups is 2. The van der Waals surface area contributed by atoms with Crippen LogP contribution in [0.5, 0.6) is 0 Å². The van der Waals surface area contributed by atoms with Gasteiger partial charge in [0.2, 0.25) is 0 Å². The summed E-state index contributed by atoms with van der Waals surface area (Å²) in [5.41, 5.74) is 5.35. The van der Waals surface area contributed by atoms with Crippen LogP contribution in [0.2, 0.25) is 0 Å². The highest BCUT2D eigenvalue weighted by molar-refractivity contribution is 14.2. The summed E-state index contributed by atoms with van der Waals surface area (Å²) in [6.07, 6.45) is 5.73. The Labute approximate surface area is 155 Å². The molecule has 22 heavy (non-hydrogen) atoms. The van der Waals surface area contributed by atoms with E-state index < -0.39 is 0 Å². The molecule has 114 valence electrons. The van der Waals surface area contributed by atoms with Crippen molar-refractivity contribution in [3.63, 3.8) is 0 Å². The molecule has 1 atom stereocenters. The number of rotatable bonds is 2. The second-order valence-corrected chi connectivity index (χ2v) is 10.6. The van der Waals surface area contributed by atoms with Crippen LogP contribution in [0.3, 0.4) is 0 Å². The van der Waals surface area contributed by atoms with Crippen LogP contribution in [-0.2, 0) is 0 Å². The van der Waals surface area contributed by atoms with Crippen molar-refractivity contribution in [2.45, 2.75) is 7.59 Å². The third-order valence-electron chi connectivity index (χ3n) is 3.37. The smallest absolute Gasteiger partial charge is 0.132 e. The van der Waals surface area contributed by atoms with Crippen LogP contribution < -0.4 is 11.3 Å². The van der Waals surface area contributed by atoms with Crippen molar-refractivity contribution in [2.24, 2.45) is 15.8 Å². The lowest BCUT2D eigenvalue weighted by Gasteiger charge is -2.21. The van der Waals surface area contributed by atoms with E-state index in [9.17, 15) is 4.39 Å². The number of hydrazine groups is 1. The highest BCUT2D eigenvalue weighted by atomic mass is 127. The number of nitrogens with zero attached hydrogens (tertiary/aromatic N) is 2. The van der Waals surface area contributed by atoms with E-state index in [1.165, 1.54) is 6.07 Å². The number of hydrogen-bond acceptors (Lipinski definition) is 4. The molecule has 3 rings (SSSR count). The van der Waals surface area contributed by atoms with Crippen LogP contribution in [-0.4, -0.2) is 25.6 Å². The zero-order valence-corrected chi connectivity index (χ0v) is 15.7. The summed E-state index contributed by atoms with van der Waals surface area (Å²) in [5.74, 6) is 5.23. The topological polar surface area (TPSA) is 62.8 Å². The van der Waals surface area contributed by atoms with Gasteiger partial charge in [-0.25, -0.2) is 9.82 Å². The average Bonchev–Trinajstić information content (AvgIpc) is 2.66. The molecule has 1 unspecified atom stereocenters. The fourth-order valence-electron chi connectivity index (χ4n) is 2.34. The molecule has 0 saturated heterocycles. The van der Waals surface area contributed by atoms with Gasteiger partial charge in [0.25, 0.3) is 0 Å². The van der Waals surface area contributed by atoms with Gasteiger partial charge in [-0.3, -0.25) is 15.8 Å². The van der Waals surface area contributed by atoms with Crippen LogP contribution in [0, 0.1) is 5.82 Å². The van der Waals surface area contributed by atoms with Crippen LogP contribution in [0.15, 0.2) is 58.1 Å². The van der Waals surface area contributed by atoms with Crippen LogP contribution in [0.1, 0.15) is 5.56 Å². The van der Waals surface area contributed by atoms with Gasteiger partial charge in [-0.1, -0.05) is 63.4 Å². The minimum atomic E-state index is -0.316. The lowest BCUT2D eigenvalue weighted by atomic mass is 9.94. The Kier molecular flexibility index (Phi) is 4.76.